The Morgan fingerprint density at radius 1 is 1.33 bits per heavy atom. The van der Waals surface area contributed by atoms with Gasteiger partial charge in [-0.2, -0.15) is 0 Å². The van der Waals surface area contributed by atoms with E-state index in [1.54, 1.807) is 0 Å². The number of hydrogen-bond acceptors (Lipinski definition) is 0. The van der Waals surface area contributed by atoms with Gasteiger partial charge in [0.1, 0.15) is 0 Å². The molecule has 0 radical (unpaired) electrons. The minimum absolute atomic E-state index is 0.525. The van der Waals surface area contributed by atoms with E-state index in [0.717, 1.165) is 11.3 Å². The highest BCUT2D eigenvalue weighted by Crippen LogP contribution is 2.19. The second-order valence-corrected chi connectivity index (χ2v) is 3.16. The lowest BCUT2D eigenvalue weighted by Crippen LogP contribution is -1.85. The van der Waals surface area contributed by atoms with Gasteiger partial charge in [-0.1, -0.05) is 33.1 Å². The Labute approximate surface area is 73.8 Å². The predicted molar refractivity (Wildman–Crippen MR) is 55.1 cm³/mol. The fraction of sp³-hybridized carbons (Fsp3) is 0.273. The first-order valence-electron chi connectivity index (χ1n) is 4.16. The molecular formula is C11H15N. The van der Waals surface area contributed by atoms with E-state index in [2.05, 4.69) is 38.1 Å². The average Bonchev–Trinajstić information content (AvgIpc) is 2.46. The number of hydrogen-bond donors (Lipinski definition) is 1. The SMILES string of the molecule is C=Cc1cc(C(C)C)[nH]c1C=C. The van der Waals surface area contributed by atoms with Crippen molar-refractivity contribution in [3.05, 3.63) is 36.2 Å². The fourth-order valence-corrected chi connectivity index (χ4v) is 1.16. The second-order valence-electron chi connectivity index (χ2n) is 3.16. The van der Waals surface area contributed by atoms with Crippen LogP contribution in [0, 0.1) is 0 Å². The van der Waals surface area contributed by atoms with E-state index in [4.69, 9.17) is 0 Å². The van der Waals surface area contributed by atoms with Crippen LogP contribution in [-0.4, -0.2) is 4.98 Å². The van der Waals surface area contributed by atoms with Crippen molar-refractivity contribution in [3.8, 4) is 0 Å². The standard InChI is InChI=1S/C11H15N/c1-5-9-7-11(8(3)4)12-10(9)6-2/h5-8,12H,1-2H2,3-4H3. The van der Waals surface area contributed by atoms with Crippen LogP contribution >= 0.6 is 0 Å². The number of aromatic nitrogens is 1. The van der Waals surface area contributed by atoms with E-state index in [9.17, 15) is 0 Å². The summed E-state index contributed by atoms with van der Waals surface area (Å²) < 4.78 is 0. The van der Waals surface area contributed by atoms with E-state index >= 15 is 0 Å². The molecule has 0 amide bonds. The maximum absolute atomic E-state index is 3.74. The zero-order valence-electron chi connectivity index (χ0n) is 7.72. The summed E-state index contributed by atoms with van der Waals surface area (Å²) in [4.78, 5) is 3.29. The molecular weight excluding hydrogens is 146 g/mol. The van der Waals surface area contributed by atoms with Crippen LogP contribution in [0.15, 0.2) is 19.2 Å². The van der Waals surface area contributed by atoms with Crippen molar-refractivity contribution in [1.82, 2.24) is 4.98 Å². The minimum atomic E-state index is 0.525. The molecule has 0 fully saturated rings. The molecule has 0 saturated carbocycles. The molecule has 0 bridgehead atoms. The number of nitrogens with one attached hydrogen (secondary N) is 1. The van der Waals surface area contributed by atoms with E-state index in [0.29, 0.717) is 5.92 Å². The lowest BCUT2D eigenvalue weighted by Gasteiger charge is -1.98. The Morgan fingerprint density at radius 2 is 2.00 bits per heavy atom. The molecule has 64 valence electrons. The summed E-state index contributed by atoms with van der Waals surface area (Å²) in [5.74, 6) is 0.525. The summed E-state index contributed by atoms with van der Waals surface area (Å²) in [5.41, 5.74) is 3.43. The van der Waals surface area contributed by atoms with Crippen LogP contribution in [0.2, 0.25) is 0 Å². The highest BCUT2D eigenvalue weighted by molar-refractivity contribution is 5.62. The number of rotatable bonds is 3. The van der Waals surface area contributed by atoms with Crippen LogP contribution in [0.5, 0.6) is 0 Å². The summed E-state index contributed by atoms with van der Waals surface area (Å²) in [5, 5.41) is 0. The van der Waals surface area contributed by atoms with Crippen molar-refractivity contribution in [3.63, 3.8) is 0 Å². The first kappa shape index (κ1) is 8.85. The summed E-state index contributed by atoms with van der Waals surface area (Å²) in [6, 6.07) is 2.12. The van der Waals surface area contributed by atoms with Gasteiger partial charge in [0, 0.05) is 11.4 Å². The Kier molecular flexibility index (Phi) is 2.54. The van der Waals surface area contributed by atoms with Crippen molar-refractivity contribution in [2.45, 2.75) is 19.8 Å². The average molecular weight is 161 g/mol. The Hall–Kier alpha value is -1.24. The molecule has 1 rings (SSSR count). The van der Waals surface area contributed by atoms with Crippen molar-refractivity contribution in [2.24, 2.45) is 0 Å². The summed E-state index contributed by atoms with van der Waals surface area (Å²) in [6.07, 6.45) is 3.67. The smallest absolute Gasteiger partial charge is 0.0449 e. The molecule has 1 aromatic heterocycles. The van der Waals surface area contributed by atoms with Crippen molar-refractivity contribution < 1.29 is 0 Å². The Bertz CT molecular complexity index is 266. The van der Waals surface area contributed by atoms with Gasteiger partial charge in [-0.3, -0.25) is 0 Å². The maximum atomic E-state index is 3.74. The monoisotopic (exact) mass is 161 g/mol. The second kappa shape index (κ2) is 3.44. The highest BCUT2D eigenvalue weighted by atomic mass is 14.7. The molecule has 0 spiro atoms. The van der Waals surface area contributed by atoms with E-state index in [1.165, 1.54) is 5.69 Å². The topological polar surface area (TPSA) is 15.8 Å². The fourth-order valence-electron chi connectivity index (χ4n) is 1.16. The lowest BCUT2D eigenvalue weighted by molar-refractivity contribution is 0.832. The van der Waals surface area contributed by atoms with Crippen molar-refractivity contribution in [2.75, 3.05) is 0 Å². The summed E-state index contributed by atoms with van der Waals surface area (Å²) in [6.45, 7) is 11.8. The maximum Gasteiger partial charge on any atom is 0.0449 e. The summed E-state index contributed by atoms with van der Waals surface area (Å²) in [7, 11) is 0. The van der Waals surface area contributed by atoms with Gasteiger partial charge in [-0.25, -0.2) is 0 Å². The molecule has 0 aliphatic rings. The van der Waals surface area contributed by atoms with Gasteiger partial charge >= 0.3 is 0 Å². The molecule has 0 atom stereocenters. The molecule has 0 saturated heterocycles. The van der Waals surface area contributed by atoms with E-state index in [1.807, 2.05) is 12.2 Å². The molecule has 0 aromatic carbocycles. The molecule has 1 N–H and O–H groups in total. The third-order valence-corrected chi connectivity index (χ3v) is 1.95. The van der Waals surface area contributed by atoms with Gasteiger partial charge in [0.25, 0.3) is 0 Å². The zero-order chi connectivity index (χ0) is 9.14. The molecule has 1 aromatic rings. The lowest BCUT2D eigenvalue weighted by atomic mass is 10.1. The molecule has 1 heteroatoms. The van der Waals surface area contributed by atoms with E-state index in [-0.39, 0.29) is 0 Å². The van der Waals surface area contributed by atoms with Crippen LogP contribution in [-0.2, 0) is 0 Å². The molecule has 1 nitrogen and oxygen atoms in total. The zero-order valence-corrected chi connectivity index (χ0v) is 7.72. The van der Waals surface area contributed by atoms with Crippen molar-refractivity contribution in [1.29, 1.82) is 0 Å². The Morgan fingerprint density at radius 3 is 2.33 bits per heavy atom. The van der Waals surface area contributed by atoms with Crippen molar-refractivity contribution >= 4 is 12.2 Å². The van der Waals surface area contributed by atoms with Gasteiger partial charge in [0.15, 0.2) is 0 Å². The molecule has 1 heterocycles. The first-order chi connectivity index (χ1) is 5.69. The van der Waals surface area contributed by atoms with Crippen LogP contribution in [0.25, 0.3) is 12.2 Å². The van der Waals surface area contributed by atoms with Gasteiger partial charge in [-0.05, 0) is 23.6 Å². The van der Waals surface area contributed by atoms with Gasteiger partial charge in [0.2, 0.25) is 0 Å². The van der Waals surface area contributed by atoms with Crippen LogP contribution in [0.4, 0.5) is 0 Å². The summed E-state index contributed by atoms with van der Waals surface area (Å²) >= 11 is 0. The normalized spacial score (nSPS) is 10.2. The van der Waals surface area contributed by atoms with Crippen LogP contribution in [0.1, 0.15) is 36.7 Å². The van der Waals surface area contributed by atoms with Crippen LogP contribution in [0.3, 0.4) is 0 Å². The van der Waals surface area contributed by atoms with Gasteiger partial charge in [-0.15, -0.1) is 0 Å². The Balaban J connectivity index is 3.13. The number of aromatic amines is 1. The first-order valence-corrected chi connectivity index (χ1v) is 4.16. The van der Waals surface area contributed by atoms with Gasteiger partial charge in [0.05, 0.1) is 0 Å². The van der Waals surface area contributed by atoms with E-state index < -0.39 is 0 Å². The van der Waals surface area contributed by atoms with Gasteiger partial charge < -0.3 is 4.98 Å². The minimum Gasteiger partial charge on any atom is -0.358 e. The highest BCUT2D eigenvalue weighted by Gasteiger charge is 2.04. The number of H-pyrrole nitrogens is 1. The quantitative estimate of drug-likeness (QED) is 0.699. The van der Waals surface area contributed by atoms with Crippen LogP contribution < -0.4 is 0 Å². The molecule has 12 heavy (non-hydrogen) atoms. The molecule has 0 unspecified atom stereocenters. The molecule has 0 aliphatic heterocycles. The predicted octanol–water partition coefficient (Wildman–Crippen LogP) is 3.42. The third kappa shape index (κ3) is 1.50. The largest absolute Gasteiger partial charge is 0.358 e. The third-order valence-electron chi connectivity index (χ3n) is 1.95. The molecule has 0 aliphatic carbocycles.